The Morgan fingerprint density at radius 3 is 2.65 bits per heavy atom. The lowest BCUT2D eigenvalue weighted by atomic mass is 10.1. The Kier molecular flexibility index (Phi) is 3.69. The van der Waals surface area contributed by atoms with Crippen molar-refractivity contribution in [3.8, 4) is 0 Å². The zero-order chi connectivity index (χ0) is 14.9. The van der Waals surface area contributed by atoms with E-state index in [1.165, 1.54) is 16.9 Å². The highest BCUT2D eigenvalue weighted by molar-refractivity contribution is 5.85. The Balaban J connectivity index is 2.10. The number of rotatable bonds is 2. The summed E-state index contributed by atoms with van der Waals surface area (Å²) in [6.07, 6.45) is -2.54. The molecule has 1 aromatic rings. The Morgan fingerprint density at radius 2 is 2.10 bits per heavy atom. The van der Waals surface area contributed by atoms with Gasteiger partial charge in [-0.3, -0.25) is 9.48 Å². The van der Waals surface area contributed by atoms with Crippen LogP contribution in [-0.2, 0) is 4.79 Å². The molecule has 0 saturated carbocycles. The van der Waals surface area contributed by atoms with Gasteiger partial charge in [-0.1, -0.05) is 0 Å². The van der Waals surface area contributed by atoms with Crippen LogP contribution < -0.4 is 0 Å². The van der Waals surface area contributed by atoms with Crippen molar-refractivity contribution in [1.29, 1.82) is 0 Å². The van der Waals surface area contributed by atoms with E-state index < -0.39 is 24.1 Å². The lowest BCUT2D eigenvalue weighted by Crippen LogP contribution is -2.46. The molecule has 0 aliphatic carbocycles. The minimum Gasteiger partial charge on any atom is -0.476 e. The molecule has 1 unspecified atom stereocenters. The predicted molar refractivity (Wildman–Crippen MR) is 60.1 cm³/mol. The van der Waals surface area contributed by atoms with E-state index in [4.69, 9.17) is 5.11 Å². The van der Waals surface area contributed by atoms with E-state index in [1.807, 2.05) is 0 Å². The smallest absolute Gasteiger partial charge is 0.471 e. The number of carbonyl (C=O) groups excluding carboxylic acids is 1. The van der Waals surface area contributed by atoms with Gasteiger partial charge in [0.05, 0.1) is 6.04 Å². The molecule has 0 radical (unpaired) electrons. The van der Waals surface area contributed by atoms with Gasteiger partial charge in [-0.15, -0.1) is 0 Å². The van der Waals surface area contributed by atoms with E-state index in [-0.39, 0.29) is 18.8 Å². The van der Waals surface area contributed by atoms with Crippen molar-refractivity contribution < 1.29 is 27.9 Å². The maximum Gasteiger partial charge on any atom is 0.471 e. The molecule has 6 nitrogen and oxygen atoms in total. The summed E-state index contributed by atoms with van der Waals surface area (Å²) in [6.45, 7) is -0.0824. The van der Waals surface area contributed by atoms with Crippen LogP contribution in [0.3, 0.4) is 0 Å². The molecule has 0 aromatic carbocycles. The molecular formula is C11H12F3N3O3. The van der Waals surface area contributed by atoms with Gasteiger partial charge >= 0.3 is 18.1 Å². The van der Waals surface area contributed by atoms with E-state index in [2.05, 4.69) is 5.10 Å². The molecule has 1 aliphatic rings. The fourth-order valence-corrected chi connectivity index (χ4v) is 2.19. The third-order valence-electron chi connectivity index (χ3n) is 3.13. The molecule has 1 atom stereocenters. The topological polar surface area (TPSA) is 75.4 Å². The molecule has 20 heavy (non-hydrogen) atoms. The van der Waals surface area contributed by atoms with Crippen molar-refractivity contribution in [2.75, 3.05) is 13.1 Å². The molecule has 2 rings (SSSR count). The summed E-state index contributed by atoms with van der Waals surface area (Å²) >= 11 is 0. The lowest BCUT2D eigenvalue weighted by molar-refractivity contribution is -0.187. The second-order valence-corrected chi connectivity index (χ2v) is 4.53. The Morgan fingerprint density at radius 1 is 1.40 bits per heavy atom. The van der Waals surface area contributed by atoms with Crippen molar-refractivity contribution in [3.05, 3.63) is 18.0 Å². The Bertz CT molecular complexity index is 526. The predicted octanol–water partition coefficient (Wildman–Crippen LogP) is 1.31. The van der Waals surface area contributed by atoms with Gasteiger partial charge in [0.2, 0.25) is 0 Å². The molecule has 1 aromatic heterocycles. The average Bonchev–Trinajstić information content (AvgIpc) is 2.86. The van der Waals surface area contributed by atoms with Crippen LogP contribution in [0.2, 0.25) is 0 Å². The number of piperidine rings is 1. The highest BCUT2D eigenvalue weighted by atomic mass is 19.4. The number of likely N-dealkylation sites (tertiary alicyclic amines) is 1. The van der Waals surface area contributed by atoms with Gasteiger partial charge in [0.25, 0.3) is 0 Å². The molecular weight excluding hydrogens is 279 g/mol. The summed E-state index contributed by atoms with van der Waals surface area (Å²) in [5, 5.41) is 12.5. The lowest BCUT2D eigenvalue weighted by Gasteiger charge is -2.33. The number of carbonyl (C=O) groups is 2. The van der Waals surface area contributed by atoms with Crippen LogP contribution in [0.15, 0.2) is 12.3 Å². The third kappa shape index (κ3) is 2.91. The van der Waals surface area contributed by atoms with Gasteiger partial charge < -0.3 is 10.0 Å². The number of halogens is 3. The molecule has 2 heterocycles. The second-order valence-electron chi connectivity index (χ2n) is 4.53. The van der Waals surface area contributed by atoms with Crippen molar-refractivity contribution >= 4 is 11.9 Å². The monoisotopic (exact) mass is 291 g/mol. The molecule has 0 bridgehead atoms. The number of aromatic nitrogens is 2. The highest BCUT2D eigenvalue weighted by Gasteiger charge is 2.43. The van der Waals surface area contributed by atoms with Gasteiger partial charge in [0.15, 0.2) is 5.69 Å². The fourth-order valence-electron chi connectivity index (χ4n) is 2.19. The number of hydrogen-bond acceptors (Lipinski definition) is 3. The first kappa shape index (κ1) is 14.4. The van der Waals surface area contributed by atoms with Crippen molar-refractivity contribution in [2.45, 2.75) is 25.1 Å². The maximum atomic E-state index is 12.4. The summed E-state index contributed by atoms with van der Waals surface area (Å²) in [5.41, 5.74) is -0.177. The summed E-state index contributed by atoms with van der Waals surface area (Å²) < 4.78 is 38.5. The van der Waals surface area contributed by atoms with E-state index in [9.17, 15) is 22.8 Å². The number of carboxylic acids is 1. The zero-order valence-corrected chi connectivity index (χ0v) is 10.3. The van der Waals surface area contributed by atoms with E-state index in [0.29, 0.717) is 12.8 Å². The second kappa shape index (κ2) is 5.14. The van der Waals surface area contributed by atoms with Crippen molar-refractivity contribution in [1.82, 2.24) is 14.7 Å². The Hall–Kier alpha value is -2.06. The summed E-state index contributed by atoms with van der Waals surface area (Å²) in [5.74, 6) is -3.07. The summed E-state index contributed by atoms with van der Waals surface area (Å²) in [4.78, 5) is 22.6. The quantitative estimate of drug-likeness (QED) is 0.891. The standard InChI is InChI=1S/C11H12F3N3O3/c12-11(13,14)10(20)16-4-1-2-7(6-16)17-5-3-8(15-17)9(18)19/h3,5,7H,1-2,4,6H2,(H,18,19). The van der Waals surface area contributed by atoms with E-state index >= 15 is 0 Å². The number of carboxylic acid groups (broad SMARTS) is 1. The Labute approximate surface area is 111 Å². The van der Waals surface area contributed by atoms with Crippen LogP contribution in [0.1, 0.15) is 29.4 Å². The fraction of sp³-hybridized carbons (Fsp3) is 0.545. The van der Waals surface area contributed by atoms with Gasteiger partial charge in [-0.2, -0.15) is 18.3 Å². The minimum absolute atomic E-state index is 0.0436. The van der Waals surface area contributed by atoms with Crippen molar-refractivity contribution in [2.24, 2.45) is 0 Å². The van der Waals surface area contributed by atoms with Crippen molar-refractivity contribution in [3.63, 3.8) is 0 Å². The average molecular weight is 291 g/mol. The van der Waals surface area contributed by atoms with Gasteiger partial charge in [0, 0.05) is 19.3 Å². The molecule has 9 heteroatoms. The van der Waals surface area contributed by atoms with Crippen LogP contribution in [0.5, 0.6) is 0 Å². The maximum absolute atomic E-state index is 12.4. The first-order valence-electron chi connectivity index (χ1n) is 5.93. The SMILES string of the molecule is O=C(O)c1ccn(C2CCCN(C(=O)C(F)(F)F)C2)n1. The molecule has 1 amide bonds. The molecule has 1 saturated heterocycles. The molecule has 1 aliphatic heterocycles. The number of alkyl halides is 3. The van der Waals surface area contributed by atoms with Gasteiger partial charge in [-0.05, 0) is 18.9 Å². The van der Waals surface area contributed by atoms with Crippen LogP contribution in [0.25, 0.3) is 0 Å². The minimum atomic E-state index is -4.89. The van der Waals surface area contributed by atoms with E-state index in [0.717, 1.165) is 4.90 Å². The first-order valence-corrected chi connectivity index (χ1v) is 5.93. The van der Waals surface area contributed by atoms with Gasteiger partial charge in [0.1, 0.15) is 0 Å². The molecule has 1 N–H and O–H groups in total. The van der Waals surface area contributed by atoms with Crippen LogP contribution in [-0.4, -0.2) is 50.9 Å². The number of nitrogens with zero attached hydrogens (tertiary/aromatic N) is 3. The first-order chi connectivity index (χ1) is 9.29. The number of amides is 1. The molecule has 0 spiro atoms. The summed E-state index contributed by atoms with van der Waals surface area (Å²) in [6, 6.07) is 0.829. The normalized spacial score (nSPS) is 19.9. The largest absolute Gasteiger partial charge is 0.476 e. The van der Waals surface area contributed by atoms with Gasteiger partial charge in [-0.25, -0.2) is 4.79 Å². The number of hydrogen-bond donors (Lipinski definition) is 1. The van der Waals surface area contributed by atoms with E-state index in [1.54, 1.807) is 0 Å². The van der Waals surface area contributed by atoms with Crippen LogP contribution in [0, 0.1) is 0 Å². The highest BCUT2D eigenvalue weighted by Crippen LogP contribution is 2.26. The molecule has 1 fully saturated rings. The van der Waals surface area contributed by atoms with Crippen LogP contribution >= 0.6 is 0 Å². The number of aromatic carboxylic acids is 1. The third-order valence-corrected chi connectivity index (χ3v) is 3.13. The zero-order valence-electron chi connectivity index (χ0n) is 10.3. The molecule has 110 valence electrons. The summed E-state index contributed by atoms with van der Waals surface area (Å²) in [7, 11) is 0. The van der Waals surface area contributed by atoms with Crippen LogP contribution in [0.4, 0.5) is 13.2 Å².